The molecule has 1 aromatic carbocycles. The fraction of sp³-hybridized carbons (Fsp3) is 0.391. The highest BCUT2D eigenvalue weighted by atomic mass is 19.4. The molecule has 2 N–H and O–H groups in total. The second-order valence-corrected chi connectivity index (χ2v) is 7.90. The number of halogens is 3. The highest BCUT2D eigenvalue weighted by Crippen LogP contribution is 2.23. The van der Waals surface area contributed by atoms with Crippen molar-refractivity contribution >= 4 is 17.5 Å². The van der Waals surface area contributed by atoms with E-state index in [2.05, 4.69) is 30.6 Å². The lowest BCUT2D eigenvalue weighted by Crippen LogP contribution is -2.18. The van der Waals surface area contributed by atoms with Crippen LogP contribution < -0.4 is 10.1 Å². The number of aliphatic hydroxyl groups excluding tert-OH is 1. The van der Waals surface area contributed by atoms with Crippen LogP contribution in [0.5, 0.6) is 5.75 Å². The van der Waals surface area contributed by atoms with Gasteiger partial charge in [-0.05, 0) is 55.5 Å². The van der Waals surface area contributed by atoms with Crippen LogP contribution in [0.4, 0.5) is 19.0 Å². The Kier molecular flexibility index (Phi) is 9.45. The molecule has 0 saturated heterocycles. The van der Waals surface area contributed by atoms with E-state index in [-0.39, 0.29) is 36.7 Å². The lowest BCUT2D eigenvalue weighted by Gasteiger charge is -2.10. The van der Waals surface area contributed by atoms with Crippen LogP contribution in [-0.4, -0.2) is 55.0 Å². The number of nitrogens with one attached hydrogen (secondary N) is 1. The average molecular weight is 506 g/mol. The number of amides is 1. The minimum Gasteiger partial charge on any atom is -0.406 e. The van der Waals surface area contributed by atoms with Gasteiger partial charge in [0.05, 0.1) is 18.3 Å². The lowest BCUT2D eigenvalue weighted by molar-refractivity contribution is -0.274. The zero-order chi connectivity index (χ0) is 26.0. The van der Waals surface area contributed by atoms with Crippen molar-refractivity contribution in [3.05, 3.63) is 59.5 Å². The number of carbonyl (C=O) groups excluding carboxylic acids is 2. The van der Waals surface area contributed by atoms with E-state index in [0.29, 0.717) is 24.9 Å². The first-order chi connectivity index (χ1) is 17.2. The molecular weight excluding hydrogens is 481 g/mol. The normalized spacial score (nSPS) is 11.3. The highest BCUT2D eigenvalue weighted by Gasteiger charge is 2.31. The Bertz CT molecular complexity index is 1150. The van der Waals surface area contributed by atoms with Gasteiger partial charge >= 0.3 is 6.36 Å². The number of Topliss-reactive ketones (excluding diaryl/α,β-unsaturated/α-hetero) is 1. The van der Waals surface area contributed by atoms with E-state index < -0.39 is 18.0 Å². The number of rotatable bonds is 13. The zero-order valence-corrected chi connectivity index (χ0v) is 19.2. The predicted molar refractivity (Wildman–Crippen MR) is 121 cm³/mol. The number of aliphatic hydroxyl groups is 1. The zero-order valence-electron chi connectivity index (χ0n) is 19.2. The second kappa shape index (κ2) is 12.7. The van der Waals surface area contributed by atoms with Gasteiger partial charge < -0.3 is 15.2 Å². The number of hydrogen-bond acceptors (Lipinski definition) is 8. The molecule has 0 radical (unpaired) electrons. The molecule has 0 spiro atoms. The van der Waals surface area contributed by atoms with E-state index in [1.165, 1.54) is 12.1 Å². The number of hydrogen-bond donors (Lipinski definition) is 2. The van der Waals surface area contributed by atoms with Crippen molar-refractivity contribution in [2.24, 2.45) is 0 Å². The number of unbranched alkanes of at least 4 members (excludes halogenated alkanes) is 1. The van der Waals surface area contributed by atoms with Crippen molar-refractivity contribution in [1.29, 1.82) is 0 Å². The maximum Gasteiger partial charge on any atom is 0.573 e. The first kappa shape index (κ1) is 26.7. The summed E-state index contributed by atoms with van der Waals surface area (Å²) in [5.41, 5.74) is 1.37. The Morgan fingerprint density at radius 3 is 2.61 bits per heavy atom. The van der Waals surface area contributed by atoms with E-state index in [1.54, 1.807) is 23.0 Å². The van der Waals surface area contributed by atoms with Gasteiger partial charge in [-0.15, -0.1) is 23.4 Å². The van der Waals surface area contributed by atoms with Crippen LogP contribution in [0.1, 0.15) is 47.4 Å². The van der Waals surface area contributed by atoms with Crippen molar-refractivity contribution in [3.63, 3.8) is 0 Å². The number of anilines is 1. The summed E-state index contributed by atoms with van der Waals surface area (Å²) in [4.78, 5) is 24.1. The van der Waals surface area contributed by atoms with Crippen molar-refractivity contribution < 1.29 is 32.6 Å². The molecule has 0 aliphatic heterocycles. The summed E-state index contributed by atoms with van der Waals surface area (Å²) >= 11 is 0. The molecule has 3 aromatic rings. The van der Waals surface area contributed by atoms with Crippen molar-refractivity contribution in [2.75, 3.05) is 11.9 Å². The van der Waals surface area contributed by atoms with Gasteiger partial charge in [0.1, 0.15) is 11.4 Å². The molecule has 1 amide bonds. The van der Waals surface area contributed by atoms with Crippen LogP contribution in [0.15, 0.2) is 42.6 Å². The summed E-state index contributed by atoms with van der Waals surface area (Å²) in [6.07, 6.45) is -0.552. The van der Waals surface area contributed by atoms with Crippen LogP contribution in [0.3, 0.4) is 0 Å². The largest absolute Gasteiger partial charge is 0.573 e. The summed E-state index contributed by atoms with van der Waals surface area (Å²) in [6, 6.07) is 8.53. The van der Waals surface area contributed by atoms with Gasteiger partial charge in [-0.1, -0.05) is 17.3 Å². The van der Waals surface area contributed by atoms with Crippen molar-refractivity contribution in [3.8, 4) is 5.75 Å². The van der Waals surface area contributed by atoms with Gasteiger partial charge in [0.2, 0.25) is 5.91 Å². The Hall–Kier alpha value is -3.87. The number of alkyl halides is 3. The smallest absolute Gasteiger partial charge is 0.406 e. The van der Waals surface area contributed by atoms with Crippen molar-refractivity contribution in [1.82, 2.24) is 25.2 Å². The van der Waals surface area contributed by atoms with Gasteiger partial charge in [0.15, 0.2) is 11.6 Å². The summed E-state index contributed by atoms with van der Waals surface area (Å²) < 4.78 is 42.5. The monoisotopic (exact) mass is 506 g/mol. The second-order valence-electron chi connectivity index (χ2n) is 7.90. The minimum atomic E-state index is -4.81. The fourth-order valence-electron chi connectivity index (χ4n) is 3.27. The molecule has 13 heteroatoms. The molecule has 36 heavy (non-hydrogen) atoms. The number of ether oxygens (including phenoxy) is 1. The van der Waals surface area contributed by atoms with E-state index in [4.69, 9.17) is 5.11 Å². The van der Waals surface area contributed by atoms with Crippen LogP contribution in [-0.2, 0) is 24.2 Å². The molecule has 3 rings (SSSR count). The third-order valence-electron chi connectivity index (χ3n) is 4.94. The number of ketones is 1. The molecule has 0 saturated carbocycles. The van der Waals surface area contributed by atoms with Crippen LogP contribution >= 0.6 is 0 Å². The molecule has 0 aliphatic carbocycles. The average Bonchev–Trinajstić information content (AvgIpc) is 3.29. The minimum absolute atomic E-state index is 0.0469. The van der Waals surface area contributed by atoms with Gasteiger partial charge in [-0.2, -0.15) is 5.10 Å². The van der Waals surface area contributed by atoms with Crippen LogP contribution in [0.2, 0.25) is 0 Å². The summed E-state index contributed by atoms with van der Waals surface area (Å²) in [7, 11) is 0. The number of nitrogens with zero attached hydrogens (tertiary/aromatic N) is 5. The predicted octanol–water partition coefficient (Wildman–Crippen LogP) is 3.13. The molecule has 192 valence electrons. The first-order valence-electron chi connectivity index (χ1n) is 11.2. The van der Waals surface area contributed by atoms with E-state index in [0.717, 1.165) is 30.7 Å². The maximum atomic E-state index is 12.4. The van der Waals surface area contributed by atoms with Gasteiger partial charge in [-0.3, -0.25) is 14.3 Å². The molecule has 2 aromatic heterocycles. The Morgan fingerprint density at radius 2 is 1.89 bits per heavy atom. The maximum absolute atomic E-state index is 12.4. The molecule has 2 heterocycles. The number of carbonyl (C=O) groups is 2. The van der Waals surface area contributed by atoms with Crippen LogP contribution in [0.25, 0.3) is 0 Å². The topological polar surface area (TPSA) is 132 Å². The summed E-state index contributed by atoms with van der Waals surface area (Å²) in [6.45, 7) is 0.534. The van der Waals surface area contributed by atoms with Gasteiger partial charge in [-0.25, -0.2) is 0 Å². The number of aryl methyl sites for hydroxylation is 2. The molecule has 0 atom stereocenters. The van der Waals surface area contributed by atoms with Crippen molar-refractivity contribution in [2.45, 2.75) is 51.4 Å². The standard InChI is InChI=1S/C23H25F3N6O4/c24-23(25,26)36-18-7-3-5-16(13-18)14-22(35)27-21-10-9-17(28-30-21)6-1-2-11-32-15-19(29-31-32)20(34)8-4-12-33/h3,5,7,9-10,13,15,33H,1-2,4,6,8,11-12,14H2,(H,27,30,35). The van der Waals surface area contributed by atoms with Gasteiger partial charge in [0.25, 0.3) is 0 Å². The third-order valence-corrected chi connectivity index (χ3v) is 4.94. The third kappa shape index (κ3) is 9.06. The Balaban J connectivity index is 1.40. The SMILES string of the molecule is O=C(Cc1cccc(OC(F)(F)F)c1)Nc1ccc(CCCCn2cc(C(=O)CCCO)nn2)nn1. The number of aromatic nitrogens is 5. The summed E-state index contributed by atoms with van der Waals surface area (Å²) in [5.74, 6) is -0.773. The summed E-state index contributed by atoms with van der Waals surface area (Å²) in [5, 5.41) is 27.2. The molecule has 0 unspecified atom stereocenters. The molecule has 0 fully saturated rings. The number of benzene rings is 1. The Labute approximate surface area is 204 Å². The first-order valence-corrected chi connectivity index (χ1v) is 11.2. The van der Waals surface area contributed by atoms with E-state index in [1.807, 2.05) is 0 Å². The molecular formula is C23H25F3N6O4. The molecule has 0 bridgehead atoms. The molecule has 0 aliphatic rings. The van der Waals surface area contributed by atoms with E-state index >= 15 is 0 Å². The highest BCUT2D eigenvalue weighted by molar-refractivity contribution is 5.93. The molecule has 10 nitrogen and oxygen atoms in total. The van der Waals surface area contributed by atoms with Crippen LogP contribution in [0, 0.1) is 0 Å². The lowest BCUT2D eigenvalue weighted by atomic mass is 10.1. The van der Waals surface area contributed by atoms with E-state index in [9.17, 15) is 22.8 Å². The quantitative estimate of drug-likeness (QED) is 0.267. The Morgan fingerprint density at radius 1 is 1.06 bits per heavy atom. The van der Waals surface area contributed by atoms with Gasteiger partial charge in [0, 0.05) is 19.6 Å². The fourth-order valence-corrected chi connectivity index (χ4v) is 3.27.